The zero-order chi connectivity index (χ0) is 37.2. The molecule has 0 N–H and O–H groups in total. The Labute approximate surface area is 287 Å². The third-order valence-corrected chi connectivity index (χ3v) is 9.77. The van der Waals surface area contributed by atoms with Crippen LogP contribution < -0.4 is 9.47 Å². The lowest BCUT2D eigenvalue weighted by atomic mass is 9.75. The van der Waals surface area contributed by atoms with Crippen LogP contribution in [0, 0.1) is 41.2 Å². The summed E-state index contributed by atoms with van der Waals surface area (Å²) in [4.78, 5) is 0. The van der Waals surface area contributed by atoms with E-state index in [2.05, 4.69) is 21.6 Å². The van der Waals surface area contributed by atoms with E-state index in [9.17, 15) is 39.5 Å². The van der Waals surface area contributed by atoms with E-state index in [1.807, 2.05) is 6.92 Å². The average Bonchev–Trinajstić information content (AvgIpc) is 3.04. The first-order chi connectivity index (χ1) is 23.9. The molecule has 0 aromatic heterocycles. The lowest BCUT2D eigenvalue weighted by molar-refractivity contribution is -0.432. The van der Waals surface area contributed by atoms with E-state index in [0.717, 1.165) is 37.8 Å². The van der Waals surface area contributed by atoms with Gasteiger partial charge in [0.25, 0.3) is 0 Å². The number of alkyl halides is 9. The highest BCUT2D eigenvalue weighted by atomic mass is 19.4. The SMILES string of the molecule is C/C=C/C1CCC(C2COC(C3CCC(C(F)(F)Oc4ccc(C(F)(F)Oc5cc(F)c(C(F)(F)OC(F)(F)F)c(F)c5)cc4)CC3)OC2)CC1. The van der Waals surface area contributed by atoms with Gasteiger partial charge in [-0.3, -0.25) is 0 Å². The number of hydrogen-bond acceptors (Lipinski definition) is 5. The van der Waals surface area contributed by atoms with Gasteiger partial charge in [0, 0.05) is 24.0 Å². The number of rotatable bonds is 11. The Morgan fingerprint density at radius 2 is 1.20 bits per heavy atom. The number of halogens is 11. The van der Waals surface area contributed by atoms with Gasteiger partial charge in [0.1, 0.15) is 28.7 Å². The molecule has 1 heterocycles. The summed E-state index contributed by atoms with van der Waals surface area (Å²) in [5, 5.41) is 0. The van der Waals surface area contributed by atoms with Gasteiger partial charge in [0.05, 0.1) is 24.7 Å². The van der Waals surface area contributed by atoms with Gasteiger partial charge in [0.15, 0.2) is 6.29 Å². The summed E-state index contributed by atoms with van der Waals surface area (Å²) >= 11 is 0. The van der Waals surface area contributed by atoms with Crippen LogP contribution in [0.4, 0.5) is 48.3 Å². The first-order valence-corrected chi connectivity index (χ1v) is 16.6. The molecule has 3 aliphatic rings. The lowest BCUT2D eigenvalue weighted by Gasteiger charge is -2.41. The van der Waals surface area contributed by atoms with Crippen LogP contribution in [-0.4, -0.2) is 32.0 Å². The average molecular weight is 747 g/mol. The van der Waals surface area contributed by atoms with Gasteiger partial charge < -0.3 is 18.9 Å². The molecule has 2 aliphatic carbocycles. The van der Waals surface area contributed by atoms with Crippen molar-refractivity contribution in [3.63, 3.8) is 0 Å². The first-order valence-electron chi connectivity index (χ1n) is 16.6. The molecule has 3 fully saturated rings. The van der Waals surface area contributed by atoms with Crippen molar-refractivity contribution in [2.45, 2.75) is 89.3 Å². The Kier molecular flexibility index (Phi) is 11.9. The molecule has 284 valence electrons. The fraction of sp³-hybridized carbons (Fsp3) is 0.600. The molecule has 51 heavy (non-hydrogen) atoms. The third-order valence-electron chi connectivity index (χ3n) is 9.77. The topological polar surface area (TPSA) is 46.2 Å². The second kappa shape index (κ2) is 15.5. The van der Waals surface area contributed by atoms with Crippen molar-refractivity contribution < 1.29 is 72.0 Å². The third kappa shape index (κ3) is 9.86. The number of allylic oxidation sites excluding steroid dienone is 2. The number of hydrogen-bond donors (Lipinski definition) is 0. The Balaban J connectivity index is 1.11. The largest absolute Gasteiger partial charge is 0.527 e. The molecule has 5 rings (SSSR count). The van der Waals surface area contributed by atoms with Crippen LogP contribution in [0.25, 0.3) is 0 Å². The molecule has 0 spiro atoms. The van der Waals surface area contributed by atoms with Crippen molar-refractivity contribution >= 4 is 0 Å². The molecule has 0 unspecified atom stereocenters. The number of benzene rings is 2. The van der Waals surface area contributed by atoms with Crippen molar-refractivity contribution in [2.75, 3.05) is 13.2 Å². The van der Waals surface area contributed by atoms with Crippen molar-refractivity contribution in [1.29, 1.82) is 0 Å². The summed E-state index contributed by atoms with van der Waals surface area (Å²) in [5.74, 6) is -6.34. The minimum Gasteiger partial charge on any atom is -0.432 e. The highest BCUT2D eigenvalue weighted by Gasteiger charge is 2.50. The maximum atomic E-state index is 15.1. The highest BCUT2D eigenvalue weighted by Crippen LogP contribution is 2.45. The summed E-state index contributed by atoms with van der Waals surface area (Å²) in [6.07, 6.45) is -10.2. The molecular weight excluding hydrogens is 709 g/mol. The fourth-order valence-corrected chi connectivity index (χ4v) is 7.13. The summed E-state index contributed by atoms with van der Waals surface area (Å²) in [6.45, 7) is 3.17. The minimum absolute atomic E-state index is 0.0622. The molecule has 5 nitrogen and oxygen atoms in total. The van der Waals surface area contributed by atoms with E-state index < -0.39 is 71.2 Å². The van der Waals surface area contributed by atoms with Gasteiger partial charge in [-0.2, -0.15) is 26.3 Å². The summed E-state index contributed by atoms with van der Waals surface area (Å²) in [7, 11) is 0. The van der Waals surface area contributed by atoms with Gasteiger partial charge in [-0.1, -0.05) is 12.2 Å². The molecule has 2 aromatic rings. The van der Waals surface area contributed by atoms with Crippen molar-refractivity contribution in [3.8, 4) is 11.5 Å². The van der Waals surface area contributed by atoms with Crippen LogP contribution >= 0.6 is 0 Å². The Morgan fingerprint density at radius 1 is 0.647 bits per heavy atom. The normalized spacial score (nSPS) is 27.1. The Morgan fingerprint density at radius 3 is 1.73 bits per heavy atom. The molecule has 0 radical (unpaired) electrons. The molecule has 1 aliphatic heterocycles. The lowest BCUT2D eigenvalue weighted by Crippen LogP contribution is -2.43. The van der Waals surface area contributed by atoms with Crippen LogP contribution in [0.15, 0.2) is 48.6 Å². The Bertz CT molecular complexity index is 1450. The minimum atomic E-state index is -5.99. The van der Waals surface area contributed by atoms with Crippen LogP contribution in [-0.2, 0) is 26.4 Å². The molecule has 0 bridgehead atoms. The smallest absolute Gasteiger partial charge is 0.432 e. The van der Waals surface area contributed by atoms with E-state index in [-0.39, 0.29) is 30.9 Å². The van der Waals surface area contributed by atoms with Crippen molar-refractivity contribution in [3.05, 3.63) is 71.3 Å². The van der Waals surface area contributed by atoms with Gasteiger partial charge >= 0.3 is 24.7 Å². The summed E-state index contributed by atoms with van der Waals surface area (Å²) in [5.41, 5.74) is -3.49. The zero-order valence-electron chi connectivity index (χ0n) is 27.4. The van der Waals surface area contributed by atoms with Crippen molar-refractivity contribution in [2.24, 2.45) is 29.6 Å². The predicted octanol–water partition coefficient (Wildman–Crippen LogP) is 10.8. The Hall–Kier alpha value is -3.11. The van der Waals surface area contributed by atoms with Gasteiger partial charge in [-0.25, -0.2) is 13.5 Å². The standard InChI is InChI=1S/C35H37F11O5/c1-2-3-20-4-6-21(7-5-20)23-18-47-31(48-19-23)22-8-10-24(11-9-22)32(38,39)49-26-14-12-25(13-15-26)33(40,41)50-27-16-28(36)30(29(37)17-27)34(42,43)51-35(44,45)46/h2-3,12-17,20-24,31H,4-11,18-19H2,1H3/b3-2+. The van der Waals surface area contributed by atoms with Crippen molar-refractivity contribution in [1.82, 2.24) is 0 Å². The first kappa shape index (κ1) is 39.1. The van der Waals surface area contributed by atoms with Crippen LogP contribution in [0.3, 0.4) is 0 Å². The molecule has 1 saturated heterocycles. The molecule has 2 aromatic carbocycles. The second-order valence-corrected chi connectivity index (χ2v) is 13.2. The zero-order valence-corrected chi connectivity index (χ0v) is 27.4. The summed E-state index contributed by atoms with van der Waals surface area (Å²) in [6, 6.07) is 2.47. The molecular formula is C35H37F11O5. The monoisotopic (exact) mass is 746 g/mol. The second-order valence-electron chi connectivity index (χ2n) is 13.2. The quantitative estimate of drug-likeness (QED) is 0.169. The van der Waals surface area contributed by atoms with Gasteiger partial charge in [-0.05, 0) is 94.4 Å². The van der Waals surface area contributed by atoms with E-state index in [0.29, 0.717) is 55.9 Å². The molecule has 0 atom stereocenters. The molecule has 16 heteroatoms. The van der Waals surface area contributed by atoms with E-state index >= 15 is 8.78 Å². The maximum Gasteiger partial charge on any atom is 0.527 e. The molecule has 0 amide bonds. The van der Waals surface area contributed by atoms with E-state index in [4.69, 9.17) is 14.2 Å². The van der Waals surface area contributed by atoms with Crippen LogP contribution in [0.1, 0.15) is 69.4 Å². The van der Waals surface area contributed by atoms with E-state index in [1.54, 1.807) is 0 Å². The van der Waals surface area contributed by atoms with Crippen LogP contribution in [0.5, 0.6) is 11.5 Å². The fourth-order valence-electron chi connectivity index (χ4n) is 7.13. The van der Waals surface area contributed by atoms with Gasteiger partial charge in [-0.15, -0.1) is 13.2 Å². The van der Waals surface area contributed by atoms with E-state index in [1.165, 1.54) is 0 Å². The highest BCUT2D eigenvalue weighted by molar-refractivity contribution is 5.34. The van der Waals surface area contributed by atoms with Crippen LogP contribution in [0.2, 0.25) is 0 Å². The van der Waals surface area contributed by atoms with Gasteiger partial charge in [0.2, 0.25) is 0 Å². The number of ether oxygens (including phenoxy) is 5. The maximum absolute atomic E-state index is 15.1. The molecule has 2 saturated carbocycles. The predicted molar refractivity (Wildman–Crippen MR) is 159 cm³/mol. The summed E-state index contributed by atoms with van der Waals surface area (Å²) < 4.78 is 176.